The molecule has 3 N–H and O–H groups in total. The zero-order valence-electron chi connectivity index (χ0n) is 22.0. The first-order chi connectivity index (χ1) is 18.2. The maximum atomic E-state index is 13.3. The Bertz CT molecular complexity index is 1310. The van der Waals surface area contributed by atoms with Crippen LogP contribution in [0.15, 0.2) is 30.3 Å². The summed E-state index contributed by atoms with van der Waals surface area (Å²) in [4.78, 5) is 32.2. The third kappa shape index (κ3) is 5.81. The molecule has 3 aromatic rings. The minimum atomic E-state index is -1.04. The first-order valence-electron chi connectivity index (χ1n) is 12.6. The molecule has 2 atom stereocenters. The molecular formula is C26H33N7O5. The van der Waals surface area contributed by atoms with E-state index in [1.54, 1.807) is 36.1 Å². The van der Waals surface area contributed by atoms with Crippen LogP contribution in [0.3, 0.4) is 0 Å². The Kier molecular flexibility index (Phi) is 8.32. The zero-order chi connectivity index (χ0) is 27.4. The van der Waals surface area contributed by atoms with Crippen molar-refractivity contribution in [1.29, 1.82) is 0 Å². The van der Waals surface area contributed by atoms with E-state index in [0.717, 1.165) is 11.1 Å². The maximum absolute atomic E-state index is 13.3. The molecule has 202 valence electrons. The Morgan fingerprint density at radius 2 is 1.97 bits per heavy atom. The Hall–Kier alpha value is -3.90. The lowest BCUT2D eigenvalue weighted by atomic mass is 9.95. The number of aromatic nitrogens is 5. The van der Waals surface area contributed by atoms with Crippen LogP contribution < -0.4 is 10.1 Å². The Balaban J connectivity index is 1.56. The van der Waals surface area contributed by atoms with Gasteiger partial charge < -0.3 is 25.2 Å². The first kappa shape index (κ1) is 27.1. The molecule has 0 saturated heterocycles. The molecule has 0 bridgehead atoms. The van der Waals surface area contributed by atoms with E-state index < -0.39 is 12.0 Å². The molecule has 12 heteroatoms. The van der Waals surface area contributed by atoms with Gasteiger partial charge in [0, 0.05) is 13.1 Å². The summed E-state index contributed by atoms with van der Waals surface area (Å²) in [5.74, 6) is 0.526. The van der Waals surface area contributed by atoms with E-state index in [1.165, 1.54) is 11.8 Å². The summed E-state index contributed by atoms with van der Waals surface area (Å²) in [6.07, 6.45) is -0.0500. The third-order valence-electron chi connectivity index (χ3n) is 6.46. The number of nitrogens with zero attached hydrogens (tertiary/aromatic N) is 6. The number of hydrogen-bond acceptors (Lipinski definition) is 9. The van der Waals surface area contributed by atoms with Crippen LogP contribution in [0.1, 0.15) is 54.7 Å². The largest absolute Gasteiger partial charge is 0.496 e. The number of aliphatic hydroxyl groups is 2. The summed E-state index contributed by atoms with van der Waals surface area (Å²) in [6.45, 7) is 6.33. The van der Waals surface area contributed by atoms with Gasteiger partial charge in [-0.3, -0.25) is 9.59 Å². The van der Waals surface area contributed by atoms with Gasteiger partial charge in [0.05, 0.1) is 25.3 Å². The van der Waals surface area contributed by atoms with E-state index >= 15 is 0 Å². The Labute approximate surface area is 220 Å². The number of hydrogen-bond donors (Lipinski definition) is 3. The summed E-state index contributed by atoms with van der Waals surface area (Å²) >= 11 is 0. The molecule has 0 spiro atoms. The van der Waals surface area contributed by atoms with E-state index in [2.05, 4.69) is 25.8 Å². The van der Waals surface area contributed by atoms with Gasteiger partial charge in [-0.2, -0.15) is 0 Å². The highest BCUT2D eigenvalue weighted by atomic mass is 16.5. The molecule has 1 aliphatic rings. The molecule has 1 aliphatic heterocycles. The van der Waals surface area contributed by atoms with Crippen molar-refractivity contribution in [3.05, 3.63) is 47.0 Å². The predicted molar refractivity (Wildman–Crippen MR) is 138 cm³/mol. The Morgan fingerprint density at radius 3 is 2.68 bits per heavy atom. The quantitative estimate of drug-likeness (QED) is 0.381. The van der Waals surface area contributed by atoms with E-state index in [9.17, 15) is 19.8 Å². The van der Waals surface area contributed by atoms with Crippen LogP contribution in [0.5, 0.6) is 5.75 Å². The standard InChI is InChI=1S/C26H33N7O5/c1-15(2)10-21(35)26(37)32-9-8-17-12-22(38-4)19(11-18(17)13-32)25(36)28-23-7-5-6-20(27-23)24-29-30-31-33(24)16(3)14-34/h5-7,11-12,15-16,21,34-35H,8-10,13-14H2,1-4H3,(H,27,28,36)/t16-,21+/m1/s1. The number of carbonyl (C=O) groups is 2. The van der Waals surface area contributed by atoms with Crippen molar-refractivity contribution >= 4 is 17.6 Å². The van der Waals surface area contributed by atoms with Crippen LogP contribution in [0.2, 0.25) is 0 Å². The Morgan fingerprint density at radius 1 is 1.18 bits per heavy atom. The highest BCUT2D eigenvalue weighted by molar-refractivity contribution is 6.06. The normalized spacial score (nSPS) is 14.7. The number of anilines is 1. The first-order valence-corrected chi connectivity index (χ1v) is 12.6. The number of carbonyl (C=O) groups excluding carboxylic acids is 2. The van der Waals surface area contributed by atoms with Crippen molar-refractivity contribution in [1.82, 2.24) is 30.1 Å². The number of benzene rings is 1. The van der Waals surface area contributed by atoms with Gasteiger partial charge in [-0.05, 0) is 71.5 Å². The van der Waals surface area contributed by atoms with Gasteiger partial charge in [-0.1, -0.05) is 19.9 Å². The molecule has 12 nitrogen and oxygen atoms in total. The molecule has 38 heavy (non-hydrogen) atoms. The number of fused-ring (bicyclic) bond motifs is 1. The van der Waals surface area contributed by atoms with Gasteiger partial charge in [0.1, 0.15) is 23.4 Å². The molecule has 4 rings (SSSR count). The highest BCUT2D eigenvalue weighted by Gasteiger charge is 2.28. The van der Waals surface area contributed by atoms with Gasteiger partial charge in [0.2, 0.25) is 5.82 Å². The second-order valence-electron chi connectivity index (χ2n) is 9.82. The summed E-state index contributed by atoms with van der Waals surface area (Å²) in [5, 5.41) is 34.2. The van der Waals surface area contributed by atoms with Crippen LogP contribution in [0.25, 0.3) is 11.5 Å². The average Bonchev–Trinajstić information content (AvgIpc) is 3.41. The second kappa shape index (κ2) is 11.7. The molecule has 0 saturated carbocycles. The van der Waals surface area contributed by atoms with E-state index in [0.29, 0.717) is 48.8 Å². The fourth-order valence-electron chi connectivity index (χ4n) is 4.43. The van der Waals surface area contributed by atoms with Crippen molar-refractivity contribution < 1.29 is 24.5 Å². The second-order valence-corrected chi connectivity index (χ2v) is 9.82. The molecule has 0 fully saturated rings. The average molecular weight is 524 g/mol. The molecule has 1 aromatic carbocycles. The fourth-order valence-corrected chi connectivity index (χ4v) is 4.43. The van der Waals surface area contributed by atoms with E-state index in [-0.39, 0.29) is 30.3 Å². The molecule has 2 amide bonds. The van der Waals surface area contributed by atoms with Crippen molar-refractivity contribution in [3.8, 4) is 17.3 Å². The number of aliphatic hydroxyl groups excluding tert-OH is 2. The van der Waals surface area contributed by atoms with Gasteiger partial charge in [0.15, 0.2) is 0 Å². The third-order valence-corrected chi connectivity index (χ3v) is 6.46. The number of nitrogens with one attached hydrogen (secondary N) is 1. The lowest BCUT2D eigenvalue weighted by Crippen LogP contribution is -2.42. The van der Waals surface area contributed by atoms with Crippen molar-refractivity contribution in [3.63, 3.8) is 0 Å². The summed E-state index contributed by atoms with van der Waals surface area (Å²) in [7, 11) is 1.50. The number of tetrazole rings is 1. The summed E-state index contributed by atoms with van der Waals surface area (Å²) < 4.78 is 6.97. The lowest BCUT2D eigenvalue weighted by molar-refractivity contribution is -0.141. The SMILES string of the molecule is COc1cc2c(cc1C(=O)Nc1cccc(-c3nnnn3[C@H](C)CO)n1)CN(C(=O)[C@@H](O)CC(C)C)CC2. The van der Waals surface area contributed by atoms with Gasteiger partial charge in [0.25, 0.3) is 11.8 Å². The van der Waals surface area contributed by atoms with Gasteiger partial charge >= 0.3 is 0 Å². The molecule has 2 aromatic heterocycles. The number of amides is 2. The minimum absolute atomic E-state index is 0.147. The molecular weight excluding hydrogens is 490 g/mol. The topological polar surface area (TPSA) is 156 Å². The zero-order valence-corrected chi connectivity index (χ0v) is 22.0. The summed E-state index contributed by atoms with van der Waals surface area (Å²) in [6, 6.07) is 8.28. The molecule has 0 unspecified atom stereocenters. The number of pyridine rings is 1. The highest BCUT2D eigenvalue weighted by Crippen LogP contribution is 2.29. The van der Waals surface area contributed by atoms with Crippen molar-refractivity contribution in [2.75, 3.05) is 25.6 Å². The fraction of sp³-hybridized carbons (Fsp3) is 0.462. The monoisotopic (exact) mass is 523 g/mol. The van der Waals surface area contributed by atoms with Gasteiger partial charge in [-0.15, -0.1) is 5.10 Å². The maximum Gasteiger partial charge on any atom is 0.260 e. The lowest BCUT2D eigenvalue weighted by Gasteiger charge is -2.31. The van der Waals surface area contributed by atoms with Gasteiger partial charge in [-0.25, -0.2) is 9.67 Å². The molecule has 3 heterocycles. The predicted octanol–water partition coefficient (Wildman–Crippen LogP) is 1.84. The summed E-state index contributed by atoms with van der Waals surface area (Å²) in [5.41, 5.74) is 2.55. The van der Waals surface area contributed by atoms with Crippen molar-refractivity contribution in [2.45, 2.75) is 52.3 Å². The van der Waals surface area contributed by atoms with Crippen LogP contribution in [-0.2, 0) is 17.8 Å². The van der Waals surface area contributed by atoms with Crippen LogP contribution >= 0.6 is 0 Å². The number of methoxy groups -OCH3 is 1. The minimum Gasteiger partial charge on any atom is -0.496 e. The molecule has 0 aliphatic carbocycles. The van der Waals surface area contributed by atoms with Crippen molar-refractivity contribution in [2.24, 2.45) is 5.92 Å². The van der Waals surface area contributed by atoms with E-state index in [4.69, 9.17) is 4.74 Å². The van der Waals surface area contributed by atoms with Crippen LogP contribution in [0, 0.1) is 5.92 Å². The number of rotatable bonds is 9. The number of ether oxygens (including phenoxy) is 1. The molecule has 0 radical (unpaired) electrons. The smallest absolute Gasteiger partial charge is 0.260 e. The van der Waals surface area contributed by atoms with E-state index in [1.807, 2.05) is 19.9 Å². The van der Waals surface area contributed by atoms with Crippen LogP contribution in [0.4, 0.5) is 5.82 Å². The van der Waals surface area contributed by atoms with Crippen LogP contribution in [-0.4, -0.2) is 78.5 Å².